The molecule has 0 saturated carbocycles. The first kappa shape index (κ1) is 30.5. The van der Waals surface area contributed by atoms with Crippen LogP contribution in [-0.2, 0) is 19.2 Å². The fraction of sp³-hybridized carbons (Fsp3) is 0.243. The molecule has 4 atom stereocenters. The predicted octanol–water partition coefficient (Wildman–Crippen LogP) is 7.16. The lowest BCUT2D eigenvalue weighted by Gasteiger charge is -2.42. The van der Waals surface area contributed by atoms with Gasteiger partial charge in [0.1, 0.15) is 5.75 Å². The molecule has 1 fully saturated rings. The van der Waals surface area contributed by atoms with Crippen molar-refractivity contribution in [3.63, 3.8) is 0 Å². The maximum Gasteiger partial charge on any atom is 0.238 e. The number of carbonyl (C=O) groups is 4. The molecule has 10 heteroatoms. The van der Waals surface area contributed by atoms with Crippen LogP contribution in [0, 0.1) is 17.8 Å². The fourth-order valence-corrected chi connectivity index (χ4v) is 7.51. The number of Topliss-reactive ketones (excluding diaryl/α,β-unsaturated/α-hetero) is 1. The van der Waals surface area contributed by atoms with Crippen LogP contribution in [0.4, 0.5) is 22.7 Å². The number of phenols is 1. The second kappa shape index (κ2) is 11.6. The van der Waals surface area contributed by atoms with E-state index in [2.05, 4.69) is 10.2 Å². The van der Waals surface area contributed by atoms with Gasteiger partial charge < -0.3 is 10.0 Å². The Morgan fingerprint density at radius 3 is 2.19 bits per heavy atom. The van der Waals surface area contributed by atoms with Crippen molar-refractivity contribution in [1.29, 1.82) is 0 Å². The number of phenolic OH excluding ortho intramolecular Hbond substituents is 1. The zero-order chi connectivity index (χ0) is 33.1. The number of rotatable bonds is 5. The van der Waals surface area contributed by atoms with E-state index in [0.717, 1.165) is 11.3 Å². The summed E-state index contributed by atoms with van der Waals surface area (Å²) in [5.41, 5.74) is 4.80. The average Bonchev–Trinajstić information content (AvgIpc) is 3.32. The molecule has 47 heavy (non-hydrogen) atoms. The lowest BCUT2D eigenvalue weighted by molar-refractivity contribution is -0.123. The standard InChI is InChI=1S/C37H31ClN4O5/c1-19-16-31(44)29-18-27-25(32(34(29)35(19)45)28-17-20(38)4-15-30(28)43)13-14-26-33(27)37(47)42(36(26)46)24-11-7-22(8-12-24)40-39-21-5-9-23(10-6-21)41(2)3/h4-13,15-17,26-27,32-33,43H,14,18H2,1-3H3. The van der Waals surface area contributed by atoms with Crippen molar-refractivity contribution in [1.82, 2.24) is 0 Å². The Labute approximate surface area is 276 Å². The molecule has 4 unspecified atom stereocenters. The minimum Gasteiger partial charge on any atom is -0.508 e. The van der Waals surface area contributed by atoms with Crippen molar-refractivity contribution in [2.45, 2.75) is 25.7 Å². The summed E-state index contributed by atoms with van der Waals surface area (Å²) < 4.78 is 0. The van der Waals surface area contributed by atoms with Crippen molar-refractivity contribution >= 4 is 57.7 Å². The van der Waals surface area contributed by atoms with Gasteiger partial charge in [-0.1, -0.05) is 23.3 Å². The van der Waals surface area contributed by atoms with Gasteiger partial charge in [0.2, 0.25) is 11.8 Å². The van der Waals surface area contributed by atoms with Crippen LogP contribution in [0.25, 0.3) is 0 Å². The molecular formula is C37H31ClN4O5. The monoisotopic (exact) mass is 646 g/mol. The minimum absolute atomic E-state index is 0.0688. The number of amides is 2. The SMILES string of the molecule is CC1=CC(=O)C2=C(C1=O)C(c1cc(Cl)ccc1O)C1=CCC3C(=O)N(c4ccc(N=Nc5ccc(N(C)C)cc5)cc4)C(=O)C3C1C2. The number of nitrogens with zero attached hydrogens (tertiary/aromatic N) is 4. The highest BCUT2D eigenvalue weighted by molar-refractivity contribution is 6.30. The molecular weight excluding hydrogens is 616 g/mol. The van der Waals surface area contributed by atoms with Gasteiger partial charge in [0.25, 0.3) is 0 Å². The third kappa shape index (κ3) is 5.11. The lowest BCUT2D eigenvalue weighted by Crippen LogP contribution is -2.39. The largest absolute Gasteiger partial charge is 0.508 e. The van der Waals surface area contributed by atoms with Crippen LogP contribution in [-0.4, -0.2) is 42.6 Å². The number of halogens is 1. The number of imide groups is 1. The van der Waals surface area contributed by atoms with Crippen LogP contribution >= 0.6 is 11.6 Å². The second-order valence-corrected chi connectivity index (χ2v) is 13.0. The van der Waals surface area contributed by atoms with Crippen molar-refractivity contribution in [3.8, 4) is 5.75 Å². The smallest absolute Gasteiger partial charge is 0.238 e. The Kier molecular flexibility index (Phi) is 7.51. The molecule has 9 nitrogen and oxygen atoms in total. The second-order valence-electron chi connectivity index (χ2n) is 12.6. The van der Waals surface area contributed by atoms with E-state index in [4.69, 9.17) is 11.6 Å². The van der Waals surface area contributed by atoms with Gasteiger partial charge in [-0.05, 0) is 98.5 Å². The van der Waals surface area contributed by atoms with Crippen LogP contribution in [0.1, 0.15) is 31.2 Å². The average molecular weight is 647 g/mol. The summed E-state index contributed by atoms with van der Waals surface area (Å²) in [7, 11) is 3.92. The Hall–Kier alpha value is -5.15. The Morgan fingerprint density at radius 1 is 0.872 bits per heavy atom. The summed E-state index contributed by atoms with van der Waals surface area (Å²) in [6.45, 7) is 1.60. The van der Waals surface area contributed by atoms with Gasteiger partial charge in [-0.3, -0.25) is 24.1 Å². The van der Waals surface area contributed by atoms with Gasteiger partial charge in [-0.15, -0.1) is 0 Å². The zero-order valence-electron chi connectivity index (χ0n) is 26.0. The molecule has 236 valence electrons. The van der Waals surface area contributed by atoms with Gasteiger partial charge in [-0.25, -0.2) is 0 Å². The van der Waals surface area contributed by atoms with E-state index in [1.807, 2.05) is 49.3 Å². The normalized spacial score (nSPS) is 23.9. The summed E-state index contributed by atoms with van der Waals surface area (Å²) >= 11 is 6.35. The summed E-state index contributed by atoms with van der Waals surface area (Å²) in [4.78, 5) is 58.1. The molecule has 3 aliphatic carbocycles. The van der Waals surface area contributed by atoms with Gasteiger partial charge >= 0.3 is 0 Å². The number of anilines is 2. The number of ketones is 2. The van der Waals surface area contributed by atoms with Crippen LogP contribution in [0.2, 0.25) is 5.02 Å². The minimum atomic E-state index is -0.774. The first-order valence-corrected chi connectivity index (χ1v) is 15.8. The summed E-state index contributed by atoms with van der Waals surface area (Å²) in [5, 5.41) is 19.9. The predicted molar refractivity (Wildman–Crippen MR) is 178 cm³/mol. The number of aromatic hydroxyl groups is 1. The van der Waals surface area contributed by atoms with Gasteiger partial charge in [-0.2, -0.15) is 10.2 Å². The highest BCUT2D eigenvalue weighted by Crippen LogP contribution is 2.56. The summed E-state index contributed by atoms with van der Waals surface area (Å²) in [6, 6.07) is 19.0. The van der Waals surface area contributed by atoms with Gasteiger partial charge in [0.05, 0.1) is 28.9 Å². The molecule has 3 aromatic carbocycles. The number of hydrogen-bond donors (Lipinski definition) is 1. The van der Waals surface area contributed by atoms with E-state index in [1.165, 1.54) is 17.0 Å². The van der Waals surface area contributed by atoms with E-state index in [1.54, 1.807) is 43.3 Å². The van der Waals surface area contributed by atoms with E-state index >= 15 is 0 Å². The quantitative estimate of drug-likeness (QED) is 0.136. The van der Waals surface area contributed by atoms with Gasteiger partial charge in [0.15, 0.2) is 11.6 Å². The molecule has 1 saturated heterocycles. The van der Waals surface area contributed by atoms with E-state index in [-0.39, 0.29) is 42.0 Å². The third-order valence-electron chi connectivity index (χ3n) is 9.62. The van der Waals surface area contributed by atoms with Crippen LogP contribution in [0.15, 0.2) is 111 Å². The van der Waals surface area contributed by atoms with Crippen LogP contribution < -0.4 is 9.80 Å². The highest BCUT2D eigenvalue weighted by atomic mass is 35.5. The van der Waals surface area contributed by atoms with Crippen molar-refractivity contribution < 1.29 is 24.3 Å². The molecule has 3 aromatic rings. The first-order chi connectivity index (χ1) is 22.5. The van der Waals surface area contributed by atoms with E-state index in [9.17, 15) is 24.3 Å². The third-order valence-corrected chi connectivity index (χ3v) is 9.86. The van der Waals surface area contributed by atoms with Crippen molar-refractivity contribution in [3.05, 3.63) is 112 Å². The molecule has 1 heterocycles. The number of benzene rings is 3. The molecule has 1 N–H and O–H groups in total. The number of carbonyl (C=O) groups excluding carboxylic acids is 4. The zero-order valence-corrected chi connectivity index (χ0v) is 26.7. The van der Waals surface area contributed by atoms with Gasteiger partial charge in [0, 0.05) is 53.0 Å². The number of allylic oxidation sites excluding steroid dienone is 6. The molecule has 0 radical (unpaired) electrons. The Balaban J connectivity index is 1.20. The maximum absolute atomic E-state index is 14.2. The Bertz CT molecular complexity index is 1990. The Morgan fingerprint density at radius 2 is 1.53 bits per heavy atom. The van der Waals surface area contributed by atoms with Crippen molar-refractivity contribution in [2.75, 3.05) is 23.9 Å². The number of azo groups is 1. The van der Waals surface area contributed by atoms with E-state index in [0.29, 0.717) is 44.4 Å². The van der Waals surface area contributed by atoms with E-state index < -0.39 is 23.7 Å². The van der Waals surface area contributed by atoms with Crippen LogP contribution in [0.5, 0.6) is 5.75 Å². The lowest BCUT2D eigenvalue weighted by atomic mass is 9.59. The summed E-state index contributed by atoms with van der Waals surface area (Å²) in [5.74, 6) is -3.96. The molecule has 1 aliphatic heterocycles. The number of fused-ring (bicyclic) bond motifs is 3. The molecule has 0 spiro atoms. The molecule has 0 aromatic heterocycles. The molecule has 4 aliphatic rings. The first-order valence-electron chi connectivity index (χ1n) is 15.4. The molecule has 2 amide bonds. The van der Waals surface area contributed by atoms with Crippen LogP contribution in [0.3, 0.4) is 0 Å². The fourth-order valence-electron chi connectivity index (χ4n) is 7.33. The topological polar surface area (TPSA) is 120 Å². The summed E-state index contributed by atoms with van der Waals surface area (Å²) in [6.07, 6.45) is 3.68. The molecule has 0 bridgehead atoms. The highest BCUT2D eigenvalue weighted by Gasteiger charge is 2.56. The molecule has 7 rings (SSSR count). The van der Waals surface area contributed by atoms with Crippen molar-refractivity contribution in [2.24, 2.45) is 28.0 Å². The maximum atomic E-state index is 14.2. The number of hydrogen-bond acceptors (Lipinski definition) is 8.